The van der Waals surface area contributed by atoms with E-state index in [4.69, 9.17) is 9.47 Å². The lowest BCUT2D eigenvalue weighted by Crippen LogP contribution is -2.30. The minimum Gasteiger partial charge on any atom is -0.501 e. The van der Waals surface area contributed by atoms with Crippen molar-refractivity contribution >= 4 is 0 Å². The van der Waals surface area contributed by atoms with Gasteiger partial charge in [-0.25, -0.2) is 0 Å². The maximum Gasteiger partial charge on any atom is 0.0876 e. The van der Waals surface area contributed by atoms with Crippen molar-refractivity contribution in [1.82, 2.24) is 5.32 Å². The SMILES string of the molecule is CCOCCC(NC)C1=COCCC1. The molecule has 0 aromatic rings. The van der Waals surface area contributed by atoms with Crippen LogP contribution in [-0.4, -0.2) is 32.9 Å². The van der Waals surface area contributed by atoms with Gasteiger partial charge in [-0.1, -0.05) is 0 Å². The summed E-state index contributed by atoms with van der Waals surface area (Å²) in [5.74, 6) is 0. The van der Waals surface area contributed by atoms with Crippen molar-refractivity contribution in [2.45, 2.75) is 32.2 Å². The summed E-state index contributed by atoms with van der Waals surface area (Å²) < 4.78 is 10.7. The van der Waals surface area contributed by atoms with E-state index >= 15 is 0 Å². The average Bonchev–Trinajstić information content (AvgIpc) is 2.26. The van der Waals surface area contributed by atoms with E-state index < -0.39 is 0 Å². The highest BCUT2D eigenvalue weighted by molar-refractivity contribution is 5.09. The van der Waals surface area contributed by atoms with Crippen molar-refractivity contribution < 1.29 is 9.47 Å². The van der Waals surface area contributed by atoms with Crippen LogP contribution in [-0.2, 0) is 9.47 Å². The van der Waals surface area contributed by atoms with Gasteiger partial charge in [-0.15, -0.1) is 0 Å². The second-order valence-corrected chi connectivity index (χ2v) is 3.49. The molecule has 0 fully saturated rings. The Morgan fingerprint density at radius 1 is 1.64 bits per heavy atom. The molecule has 14 heavy (non-hydrogen) atoms. The Hall–Kier alpha value is -0.540. The maximum atomic E-state index is 5.35. The normalized spacial score (nSPS) is 18.6. The lowest BCUT2D eigenvalue weighted by Gasteiger charge is -2.22. The molecule has 82 valence electrons. The smallest absolute Gasteiger partial charge is 0.0876 e. The summed E-state index contributed by atoms with van der Waals surface area (Å²) in [7, 11) is 1.99. The van der Waals surface area contributed by atoms with Gasteiger partial charge in [0.05, 0.1) is 12.9 Å². The molecule has 1 aliphatic heterocycles. The van der Waals surface area contributed by atoms with Gasteiger partial charge < -0.3 is 14.8 Å². The minimum atomic E-state index is 0.418. The summed E-state index contributed by atoms with van der Waals surface area (Å²) in [6.45, 7) is 4.51. The topological polar surface area (TPSA) is 30.5 Å². The highest BCUT2D eigenvalue weighted by Gasteiger charge is 2.14. The van der Waals surface area contributed by atoms with Gasteiger partial charge in [-0.05, 0) is 38.8 Å². The Bertz CT molecular complexity index is 180. The largest absolute Gasteiger partial charge is 0.501 e. The van der Waals surface area contributed by atoms with E-state index in [9.17, 15) is 0 Å². The quantitative estimate of drug-likeness (QED) is 0.660. The second kappa shape index (κ2) is 6.85. The molecule has 1 N–H and O–H groups in total. The Kier molecular flexibility index (Phi) is 5.64. The van der Waals surface area contributed by atoms with Gasteiger partial charge in [0, 0.05) is 19.3 Å². The molecule has 0 aromatic carbocycles. The molecule has 0 aromatic heterocycles. The lowest BCUT2D eigenvalue weighted by atomic mass is 10.00. The first-order valence-electron chi connectivity index (χ1n) is 5.44. The molecule has 0 saturated heterocycles. The van der Waals surface area contributed by atoms with E-state index in [1.807, 2.05) is 20.2 Å². The Labute approximate surface area is 86.5 Å². The van der Waals surface area contributed by atoms with Crippen molar-refractivity contribution in [2.75, 3.05) is 26.9 Å². The zero-order chi connectivity index (χ0) is 10.2. The fourth-order valence-electron chi connectivity index (χ4n) is 1.70. The number of nitrogens with one attached hydrogen (secondary N) is 1. The molecule has 0 saturated carbocycles. The van der Waals surface area contributed by atoms with Crippen LogP contribution in [0.2, 0.25) is 0 Å². The molecule has 0 amide bonds. The number of rotatable bonds is 6. The molecular weight excluding hydrogens is 178 g/mol. The molecular formula is C11H21NO2. The predicted octanol–water partition coefficient (Wildman–Crippen LogP) is 1.70. The molecule has 3 nitrogen and oxygen atoms in total. The summed E-state index contributed by atoms with van der Waals surface area (Å²) >= 11 is 0. The zero-order valence-electron chi connectivity index (χ0n) is 9.21. The average molecular weight is 199 g/mol. The van der Waals surface area contributed by atoms with E-state index in [1.165, 1.54) is 5.57 Å². The van der Waals surface area contributed by atoms with Crippen LogP contribution in [0.3, 0.4) is 0 Å². The van der Waals surface area contributed by atoms with Crippen LogP contribution in [0.4, 0.5) is 0 Å². The summed E-state index contributed by atoms with van der Waals surface area (Å²) in [5.41, 5.74) is 1.37. The van der Waals surface area contributed by atoms with Crippen molar-refractivity contribution in [2.24, 2.45) is 0 Å². The number of hydrogen-bond acceptors (Lipinski definition) is 3. The Balaban J connectivity index is 2.32. The highest BCUT2D eigenvalue weighted by Crippen LogP contribution is 2.17. The minimum absolute atomic E-state index is 0.418. The van der Waals surface area contributed by atoms with Crippen LogP contribution < -0.4 is 5.32 Å². The van der Waals surface area contributed by atoms with E-state index in [2.05, 4.69) is 5.32 Å². The van der Waals surface area contributed by atoms with E-state index in [0.29, 0.717) is 6.04 Å². The first-order valence-corrected chi connectivity index (χ1v) is 5.44. The van der Waals surface area contributed by atoms with Crippen LogP contribution in [0.1, 0.15) is 26.2 Å². The molecule has 1 heterocycles. The van der Waals surface area contributed by atoms with E-state index in [-0.39, 0.29) is 0 Å². The van der Waals surface area contributed by atoms with Crippen molar-refractivity contribution in [3.63, 3.8) is 0 Å². The predicted molar refractivity (Wildman–Crippen MR) is 57.2 cm³/mol. The third-order valence-corrected chi connectivity index (χ3v) is 2.51. The first-order chi connectivity index (χ1) is 6.88. The van der Waals surface area contributed by atoms with Crippen molar-refractivity contribution in [3.8, 4) is 0 Å². The van der Waals surface area contributed by atoms with Crippen LogP contribution >= 0.6 is 0 Å². The van der Waals surface area contributed by atoms with Crippen molar-refractivity contribution in [3.05, 3.63) is 11.8 Å². The van der Waals surface area contributed by atoms with Gasteiger partial charge in [-0.2, -0.15) is 0 Å². The van der Waals surface area contributed by atoms with Crippen LogP contribution in [0.15, 0.2) is 11.8 Å². The van der Waals surface area contributed by atoms with Gasteiger partial charge in [0.1, 0.15) is 0 Å². The third kappa shape index (κ3) is 3.68. The van der Waals surface area contributed by atoms with Crippen LogP contribution in [0.5, 0.6) is 0 Å². The molecule has 1 aliphatic rings. The second-order valence-electron chi connectivity index (χ2n) is 3.49. The van der Waals surface area contributed by atoms with Crippen LogP contribution in [0, 0.1) is 0 Å². The number of hydrogen-bond donors (Lipinski definition) is 1. The van der Waals surface area contributed by atoms with Crippen LogP contribution in [0.25, 0.3) is 0 Å². The van der Waals surface area contributed by atoms with Gasteiger partial charge in [0.25, 0.3) is 0 Å². The number of likely N-dealkylation sites (N-methyl/N-ethyl adjacent to an activating group) is 1. The highest BCUT2D eigenvalue weighted by atomic mass is 16.5. The molecule has 0 bridgehead atoms. The summed E-state index contributed by atoms with van der Waals surface area (Å²) in [6, 6.07) is 0.418. The van der Waals surface area contributed by atoms with Gasteiger partial charge in [-0.3, -0.25) is 0 Å². The lowest BCUT2D eigenvalue weighted by molar-refractivity contribution is 0.138. The molecule has 1 rings (SSSR count). The maximum absolute atomic E-state index is 5.35. The van der Waals surface area contributed by atoms with E-state index in [1.54, 1.807) is 0 Å². The fraction of sp³-hybridized carbons (Fsp3) is 0.818. The molecule has 3 heteroatoms. The monoisotopic (exact) mass is 199 g/mol. The molecule has 1 atom stereocenters. The molecule has 0 spiro atoms. The molecule has 1 unspecified atom stereocenters. The standard InChI is InChI=1S/C11H21NO2/c1-3-13-8-6-11(12-2)10-5-4-7-14-9-10/h9,11-12H,3-8H2,1-2H3. The van der Waals surface area contributed by atoms with Gasteiger partial charge >= 0.3 is 0 Å². The Morgan fingerprint density at radius 2 is 2.50 bits per heavy atom. The number of ether oxygens (including phenoxy) is 2. The molecule has 0 radical (unpaired) electrons. The summed E-state index contributed by atoms with van der Waals surface area (Å²) in [5, 5.41) is 3.30. The zero-order valence-corrected chi connectivity index (χ0v) is 9.21. The summed E-state index contributed by atoms with van der Waals surface area (Å²) in [4.78, 5) is 0. The van der Waals surface area contributed by atoms with Crippen molar-refractivity contribution in [1.29, 1.82) is 0 Å². The Morgan fingerprint density at radius 3 is 3.07 bits per heavy atom. The molecule has 0 aliphatic carbocycles. The van der Waals surface area contributed by atoms with Gasteiger partial charge in [0.2, 0.25) is 0 Å². The van der Waals surface area contributed by atoms with Gasteiger partial charge in [0.15, 0.2) is 0 Å². The summed E-state index contributed by atoms with van der Waals surface area (Å²) in [6.07, 6.45) is 5.23. The first kappa shape index (κ1) is 11.5. The third-order valence-electron chi connectivity index (χ3n) is 2.51. The van der Waals surface area contributed by atoms with E-state index in [0.717, 1.165) is 39.1 Å². The fourth-order valence-corrected chi connectivity index (χ4v) is 1.70.